The zero-order valence-electron chi connectivity index (χ0n) is 12.6. The number of rotatable bonds is 5. The van der Waals surface area contributed by atoms with Crippen LogP contribution >= 0.6 is 12.2 Å². The number of halogens is 3. The molecule has 0 bridgehead atoms. The van der Waals surface area contributed by atoms with Gasteiger partial charge in [0.2, 0.25) is 0 Å². The average molecular weight is 370 g/mol. The van der Waals surface area contributed by atoms with E-state index in [1.165, 1.54) is 36.4 Å². The Balaban J connectivity index is 2.30. The largest absolute Gasteiger partial charge is 0.573 e. The van der Waals surface area contributed by atoms with Crippen molar-refractivity contribution in [2.24, 2.45) is 5.73 Å². The quantitative estimate of drug-likeness (QED) is 0.701. The van der Waals surface area contributed by atoms with Gasteiger partial charge in [0, 0.05) is 0 Å². The average Bonchev–Trinajstić information content (AvgIpc) is 2.52. The maximum absolute atomic E-state index is 12.2. The molecule has 0 radical (unpaired) electrons. The number of hydrogen-bond acceptors (Lipinski definition) is 3. The van der Waals surface area contributed by atoms with Crippen LogP contribution in [0.1, 0.15) is 27.5 Å². The van der Waals surface area contributed by atoms with E-state index in [1.54, 1.807) is 12.1 Å². The molecule has 1 unspecified atom stereocenters. The number of thiocarbonyl (C=S) groups is 1. The summed E-state index contributed by atoms with van der Waals surface area (Å²) in [4.78, 5) is 10.9. The fourth-order valence-electron chi connectivity index (χ4n) is 2.18. The van der Waals surface area contributed by atoms with Crippen molar-refractivity contribution in [2.75, 3.05) is 0 Å². The zero-order valence-corrected chi connectivity index (χ0v) is 13.4. The number of nitrogens with two attached hydrogens (primary N) is 1. The van der Waals surface area contributed by atoms with E-state index in [9.17, 15) is 18.0 Å². The molecule has 0 aliphatic heterocycles. The number of carbonyl (C=O) groups is 1. The highest BCUT2D eigenvalue weighted by atomic mass is 32.1. The van der Waals surface area contributed by atoms with Crippen LogP contribution in [0.15, 0.2) is 48.5 Å². The second kappa shape index (κ2) is 7.39. The highest BCUT2D eigenvalue weighted by molar-refractivity contribution is 7.80. The van der Waals surface area contributed by atoms with Gasteiger partial charge >= 0.3 is 12.3 Å². The lowest BCUT2D eigenvalue weighted by atomic mass is 9.97. The number of carboxylic acid groups (broad SMARTS) is 1. The number of hydrogen-bond donors (Lipinski definition) is 3. The second-order valence-corrected chi connectivity index (χ2v) is 5.43. The number of carboxylic acids is 1. The Bertz CT molecular complexity index is 762. The molecule has 2 rings (SSSR count). The van der Waals surface area contributed by atoms with E-state index >= 15 is 0 Å². The van der Waals surface area contributed by atoms with Crippen molar-refractivity contribution in [3.05, 3.63) is 65.2 Å². The number of aromatic carboxylic acids is 1. The normalized spacial score (nSPS) is 12.3. The highest BCUT2D eigenvalue weighted by Crippen LogP contribution is 2.27. The molecule has 0 heterocycles. The first kappa shape index (κ1) is 18.5. The third-order valence-electron chi connectivity index (χ3n) is 3.22. The number of alkyl halides is 3. The smallest absolute Gasteiger partial charge is 0.478 e. The lowest BCUT2D eigenvalue weighted by molar-refractivity contribution is -0.274. The van der Waals surface area contributed by atoms with E-state index in [-0.39, 0.29) is 16.4 Å². The standard InChI is InChI=1S/C16H13F3N2O3S/c17-16(18,19)24-12-7-5-10(6-8-12)13(21-15(20)25)9-1-3-11(4-2-9)14(22)23/h1-8,13H,(H,22,23)(H3,20,21,25). The fraction of sp³-hybridized carbons (Fsp3) is 0.125. The predicted octanol–water partition coefficient (Wildman–Crippen LogP) is 3.21. The van der Waals surface area contributed by atoms with Crippen LogP contribution in [0.25, 0.3) is 0 Å². The van der Waals surface area contributed by atoms with E-state index in [2.05, 4.69) is 10.1 Å². The van der Waals surface area contributed by atoms with Crippen LogP contribution in [0.5, 0.6) is 5.75 Å². The summed E-state index contributed by atoms with van der Waals surface area (Å²) in [6.45, 7) is 0. The van der Waals surface area contributed by atoms with Gasteiger partial charge in [0.15, 0.2) is 5.11 Å². The Morgan fingerprint density at radius 3 is 1.96 bits per heavy atom. The molecule has 4 N–H and O–H groups in total. The van der Waals surface area contributed by atoms with Gasteiger partial charge in [-0.15, -0.1) is 13.2 Å². The summed E-state index contributed by atoms with van der Waals surface area (Å²) < 4.78 is 40.5. The van der Waals surface area contributed by atoms with Crippen molar-refractivity contribution in [2.45, 2.75) is 12.4 Å². The molecule has 1 atom stereocenters. The Morgan fingerprint density at radius 2 is 1.56 bits per heavy atom. The minimum atomic E-state index is -4.77. The van der Waals surface area contributed by atoms with E-state index in [0.717, 1.165) is 0 Å². The van der Waals surface area contributed by atoms with E-state index in [0.29, 0.717) is 11.1 Å². The van der Waals surface area contributed by atoms with Crippen molar-refractivity contribution in [1.82, 2.24) is 5.32 Å². The van der Waals surface area contributed by atoms with Gasteiger partial charge in [-0.3, -0.25) is 0 Å². The molecule has 2 aromatic carbocycles. The molecule has 132 valence electrons. The Labute approximate surface area is 146 Å². The zero-order chi connectivity index (χ0) is 18.6. The Kier molecular flexibility index (Phi) is 5.48. The molecule has 25 heavy (non-hydrogen) atoms. The lowest BCUT2D eigenvalue weighted by Crippen LogP contribution is -2.33. The Morgan fingerprint density at radius 1 is 1.08 bits per heavy atom. The van der Waals surface area contributed by atoms with Gasteiger partial charge in [0.1, 0.15) is 5.75 Å². The van der Waals surface area contributed by atoms with Crippen LogP contribution in [0.4, 0.5) is 13.2 Å². The molecular weight excluding hydrogens is 357 g/mol. The van der Waals surface area contributed by atoms with Gasteiger partial charge in [-0.2, -0.15) is 0 Å². The van der Waals surface area contributed by atoms with Gasteiger partial charge in [0.25, 0.3) is 0 Å². The maximum Gasteiger partial charge on any atom is 0.573 e. The van der Waals surface area contributed by atoms with E-state index in [4.69, 9.17) is 23.1 Å². The first-order chi connectivity index (χ1) is 11.7. The first-order valence-corrected chi connectivity index (χ1v) is 7.31. The van der Waals surface area contributed by atoms with Gasteiger partial charge in [-0.05, 0) is 47.6 Å². The second-order valence-electron chi connectivity index (χ2n) is 4.99. The summed E-state index contributed by atoms with van der Waals surface area (Å²) in [5, 5.41) is 11.8. The number of benzene rings is 2. The van der Waals surface area contributed by atoms with E-state index in [1.807, 2.05) is 0 Å². The fourth-order valence-corrected chi connectivity index (χ4v) is 2.30. The summed E-state index contributed by atoms with van der Waals surface area (Å²) in [5.74, 6) is -1.43. The topological polar surface area (TPSA) is 84.6 Å². The minimum Gasteiger partial charge on any atom is -0.478 e. The lowest BCUT2D eigenvalue weighted by Gasteiger charge is -2.20. The molecule has 9 heteroatoms. The summed E-state index contributed by atoms with van der Waals surface area (Å²) in [7, 11) is 0. The number of ether oxygens (including phenoxy) is 1. The SMILES string of the molecule is NC(=S)NC(c1ccc(OC(F)(F)F)cc1)c1ccc(C(=O)O)cc1. The molecule has 0 aliphatic rings. The van der Waals surface area contributed by atoms with Crippen LogP contribution < -0.4 is 15.8 Å². The van der Waals surface area contributed by atoms with Crippen molar-refractivity contribution in [3.63, 3.8) is 0 Å². The van der Waals surface area contributed by atoms with Gasteiger partial charge in [0.05, 0.1) is 11.6 Å². The van der Waals surface area contributed by atoms with Gasteiger partial charge in [-0.1, -0.05) is 24.3 Å². The van der Waals surface area contributed by atoms with Crippen LogP contribution in [-0.4, -0.2) is 22.6 Å². The summed E-state index contributed by atoms with van der Waals surface area (Å²) >= 11 is 4.84. The van der Waals surface area contributed by atoms with Crippen molar-refractivity contribution in [3.8, 4) is 5.75 Å². The molecule has 0 spiro atoms. The summed E-state index contributed by atoms with van der Waals surface area (Å²) in [6.07, 6.45) is -4.77. The van der Waals surface area contributed by atoms with Gasteiger partial charge in [-0.25, -0.2) is 4.79 Å². The molecule has 0 saturated heterocycles. The molecule has 0 amide bonds. The minimum absolute atomic E-state index is 0.0112. The molecule has 5 nitrogen and oxygen atoms in total. The Hall–Kier alpha value is -2.81. The highest BCUT2D eigenvalue weighted by Gasteiger charge is 2.31. The maximum atomic E-state index is 12.2. The number of nitrogens with one attached hydrogen (secondary N) is 1. The van der Waals surface area contributed by atoms with Crippen molar-refractivity contribution < 1.29 is 27.8 Å². The molecule has 0 fully saturated rings. The molecule has 0 aliphatic carbocycles. The summed E-state index contributed by atoms with van der Waals surface area (Å²) in [5.41, 5.74) is 6.83. The van der Waals surface area contributed by atoms with Crippen LogP contribution in [0.2, 0.25) is 0 Å². The predicted molar refractivity (Wildman–Crippen MR) is 88.3 cm³/mol. The molecular formula is C16H13F3N2O3S. The first-order valence-electron chi connectivity index (χ1n) is 6.90. The van der Waals surface area contributed by atoms with Crippen LogP contribution in [0, 0.1) is 0 Å². The van der Waals surface area contributed by atoms with Gasteiger partial charge < -0.3 is 20.9 Å². The van der Waals surface area contributed by atoms with Crippen LogP contribution in [0.3, 0.4) is 0 Å². The third kappa shape index (κ3) is 5.35. The van der Waals surface area contributed by atoms with Crippen molar-refractivity contribution in [1.29, 1.82) is 0 Å². The third-order valence-corrected chi connectivity index (χ3v) is 3.34. The molecule has 0 aromatic heterocycles. The summed E-state index contributed by atoms with van der Waals surface area (Å²) in [6, 6.07) is 10.6. The van der Waals surface area contributed by atoms with Crippen LogP contribution in [-0.2, 0) is 0 Å². The molecule has 0 saturated carbocycles. The monoisotopic (exact) mass is 370 g/mol. The van der Waals surface area contributed by atoms with E-state index < -0.39 is 18.4 Å². The molecule has 2 aromatic rings. The van der Waals surface area contributed by atoms with Crippen molar-refractivity contribution >= 4 is 23.3 Å².